The van der Waals surface area contributed by atoms with Crippen LogP contribution >= 0.6 is 23.4 Å². The van der Waals surface area contributed by atoms with Crippen LogP contribution in [0.3, 0.4) is 0 Å². The molecule has 5 nitrogen and oxygen atoms in total. The van der Waals surface area contributed by atoms with Crippen LogP contribution in [0.15, 0.2) is 53.3 Å². The van der Waals surface area contributed by atoms with E-state index >= 15 is 0 Å². The van der Waals surface area contributed by atoms with Crippen molar-refractivity contribution in [1.82, 2.24) is 15.3 Å². The topological polar surface area (TPSA) is 74.8 Å². The lowest BCUT2D eigenvalue weighted by atomic mass is 10.2. The molecule has 128 valence electrons. The molecule has 25 heavy (non-hydrogen) atoms. The molecule has 0 saturated heterocycles. The summed E-state index contributed by atoms with van der Waals surface area (Å²) < 4.78 is 0. The van der Waals surface area contributed by atoms with Crippen LogP contribution in [-0.4, -0.2) is 28.2 Å². The molecule has 2 aromatic carbocycles. The van der Waals surface area contributed by atoms with E-state index < -0.39 is 0 Å². The zero-order chi connectivity index (χ0) is 17.6. The zero-order valence-corrected chi connectivity index (χ0v) is 14.9. The number of nitrogens with zero attached hydrogens (tertiary/aromatic N) is 1. The molecule has 0 aliphatic carbocycles. The van der Waals surface area contributed by atoms with E-state index in [1.165, 1.54) is 0 Å². The number of carbonyl (C=O) groups is 1. The minimum Gasteiger partial charge on any atom is -0.351 e. The zero-order valence-electron chi connectivity index (χ0n) is 13.3. The first-order chi connectivity index (χ1) is 12.1. The fourth-order valence-corrected chi connectivity index (χ4v) is 3.25. The Morgan fingerprint density at radius 3 is 2.88 bits per heavy atom. The number of thioether (sulfide) groups is 1. The van der Waals surface area contributed by atoms with Gasteiger partial charge >= 0.3 is 0 Å². The Kier molecular flexibility index (Phi) is 5.73. The van der Waals surface area contributed by atoms with Crippen molar-refractivity contribution in [1.29, 1.82) is 0 Å². The second kappa shape index (κ2) is 8.18. The van der Waals surface area contributed by atoms with E-state index in [1.54, 1.807) is 42.1 Å². The van der Waals surface area contributed by atoms with E-state index in [1.807, 2.05) is 18.2 Å². The third kappa shape index (κ3) is 4.61. The number of carbonyl (C=O) groups excluding carboxylic acids is 1. The third-order valence-corrected chi connectivity index (χ3v) is 4.72. The van der Waals surface area contributed by atoms with E-state index in [0.29, 0.717) is 45.4 Å². The predicted octanol–water partition coefficient (Wildman–Crippen LogP) is 3.24. The average molecular weight is 374 g/mol. The number of halogens is 1. The Balaban J connectivity index is 1.49. The van der Waals surface area contributed by atoms with Gasteiger partial charge in [0.2, 0.25) is 0 Å². The Morgan fingerprint density at radius 1 is 1.20 bits per heavy atom. The second-order valence-corrected chi connectivity index (χ2v) is 6.89. The maximum absolute atomic E-state index is 12.0. The highest BCUT2D eigenvalue weighted by molar-refractivity contribution is 7.98. The summed E-state index contributed by atoms with van der Waals surface area (Å²) in [5.74, 6) is 1.77. The number of hydrogen-bond acceptors (Lipinski definition) is 4. The second-order valence-electron chi connectivity index (χ2n) is 5.35. The quantitative estimate of drug-likeness (QED) is 0.650. The van der Waals surface area contributed by atoms with E-state index in [-0.39, 0.29) is 11.5 Å². The van der Waals surface area contributed by atoms with Gasteiger partial charge in [-0.15, -0.1) is 0 Å². The monoisotopic (exact) mass is 373 g/mol. The molecule has 0 radical (unpaired) electrons. The van der Waals surface area contributed by atoms with Gasteiger partial charge in [0.25, 0.3) is 11.5 Å². The number of aromatic amines is 1. The van der Waals surface area contributed by atoms with Gasteiger partial charge in [-0.3, -0.25) is 9.59 Å². The highest BCUT2D eigenvalue weighted by Crippen LogP contribution is 2.12. The molecule has 1 aromatic heterocycles. The van der Waals surface area contributed by atoms with Crippen molar-refractivity contribution in [2.24, 2.45) is 0 Å². The number of amides is 1. The molecule has 7 heteroatoms. The van der Waals surface area contributed by atoms with Crippen LogP contribution in [0, 0.1) is 0 Å². The predicted molar refractivity (Wildman–Crippen MR) is 102 cm³/mol. The summed E-state index contributed by atoms with van der Waals surface area (Å²) in [4.78, 5) is 31.2. The molecule has 3 aromatic rings. The van der Waals surface area contributed by atoms with Crippen LogP contribution in [0.25, 0.3) is 10.9 Å². The van der Waals surface area contributed by atoms with Crippen molar-refractivity contribution in [3.63, 3.8) is 0 Å². The number of H-pyrrole nitrogens is 1. The lowest BCUT2D eigenvalue weighted by Crippen LogP contribution is -2.25. The molecule has 0 aliphatic heterocycles. The van der Waals surface area contributed by atoms with Crippen LogP contribution in [0.2, 0.25) is 5.02 Å². The first kappa shape index (κ1) is 17.5. The highest BCUT2D eigenvalue weighted by atomic mass is 35.5. The van der Waals surface area contributed by atoms with Crippen molar-refractivity contribution < 1.29 is 4.79 Å². The Bertz CT molecular complexity index is 958. The standard InChI is InChI=1S/C18H16ClN3O2S/c19-13-5-3-4-12(10-13)17(23)20-8-9-25-11-16-21-15-7-2-1-6-14(15)18(24)22-16/h1-7,10H,8-9,11H2,(H,20,23)(H,21,22,24). The molecular weight excluding hydrogens is 358 g/mol. The summed E-state index contributed by atoms with van der Waals surface area (Å²) >= 11 is 7.47. The third-order valence-electron chi connectivity index (χ3n) is 3.52. The van der Waals surface area contributed by atoms with Crippen molar-refractivity contribution in [3.05, 3.63) is 75.3 Å². The highest BCUT2D eigenvalue weighted by Gasteiger charge is 2.06. The summed E-state index contributed by atoms with van der Waals surface area (Å²) in [6.07, 6.45) is 0. The average Bonchev–Trinajstić information content (AvgIpc) is 2.61. The lowest BCUT2D eigenvalue weighted by molar-refractivity contribution is 0.0956. The molecule has 0 saturated carbocycles. The maximum atomic E-state index is 12.0. The normalized spacial score (nSPS) is 10.8. The molecule has 0 unspecified atom stereocenters. The minimum atomic E-state index is -0.152. The largest absolute Gasteiger partial charge is 0.351 e. The van der Waals surface area contributed by atoms with Gasteiger partial charge in [0.1, 0.15) is 5.82 Å². The van der Waals surface area contributed by atoms with Gasteiger partial charge in [-0.2, -0.15) is 11.8 Å². The number of aromatic nitrogens is 2. The van der Waals surface area contributed by atoms with Gasteiger partial charge in [-0.05, 0) is 30.3 Å². The van der Waals surface area contributed by atoms with Crippen LogP contribution in [0.4, 0.5) is 0 Å². The smallest absolute Gasteiger partial charge is 0.258 e. The number of para-hydroxylation sites is 1. The SMILES string of the molecule is O=C(NCCSCc1nc2ccccc2c(=O)[nH]1)c1cccc(Cl)c1. The fraction of sp³-hybridized carbons (Fsp3) is 0.167. The Hall–Kier alpha value is -2.31. The molecule has 1 heterocycles. The number of nitrogens with one attached hydrogen (secondary N) is 2. The summed E-state index contributed by atoms with van der Waals surface area (Å²) in [6.45, 7) is 0.522. The maximum Gasteiger partial charge on any atom is 0.258 e. The summed E-state index contributed by atoms with van der Waals surface area (Å²) in [7, 11) is 0. The van der Waals surface area contributed by atoms with Gasteiger partial charge in [0.15, 0.2) is 0 Å². The fourth-order valence-electron chi connectivity index (χ4n) is 2.34. The summed E-state index contributed by atoms with van der Waals surface area (Å²) in [5.41, 5.74) is 1.10. The van der Waals surface area contributed by atoms with Crippen molar-refractivity contribution in [3.8, 4) is 0 Å². The minimum absolute atomic E-state index is 0.129. The van der Waals surface area contributed by atoms with Gasteiger partial charge in [-0.25, -0.2) is 4.98 Å². The van der Waals surface area contributed by atoms with E-state index in [2.05, 4.69) is 15.3 Å². The van der Waals surface area contributed by atoms with Crippen LogP contribution in [0.5, 0.6) is 0 Å². The molecule has 0 aliphatic rings. The molecule has 0 fully saturated rings. The number of hydrogen-bond donors (Lipinski definition) is 2. The summed E-state index contributed by atoms with van der Waals surface area (Å²) in [6, 6.07) is 14.1. The molecule has 2 N–H and O–H groups in total. The van der Waals surface area contributed by atoms with Crippen molar-refractivity contribution >= 4 is 40.2 Å². The molecule has 0 atom stereocenters. The first-order valence-electron chi connectivity index (χ1n) is 7.73. The molecule has 1 amide bonds. The van der Waals surface area contributed by atoms with Gasteiger partial charge < -0.3 is 10.3 Å². The van der Waals surface area contributed by atoms with E-state index in [4.69, 9.17) is 11.6 Å². The van der Waals surface area contributed by atoms with E-state index in [0.717, 1.165) is 0 Å². The first-order valence-corrected chi connectivity index (χ1v) is 9.26. The Morgan fingerprint density at radius 2 is 2.04 bits per heavy atom. The number of fused-ring (bicyclic) bond motifs is 1. The van der Waals surface area contributed by atoms with Crippen LogP contribution in [-0.2, 0) is 5.75 Å². The van der Waals surface area contributed by atoms with Gasteiger partial charge in [0.05, 0.1) is 16.7 Å². The molecule has 0 spiro atoms. The number of benzene rings is 2. The van der Waals surface area contributed by atoms with Gasteiger partial charge in [0, 0.05) is 22.9 Å². The molecular formula is C18H16ClN3O2S. The summed E-state index contributed by atoms with van der Waals surface area (Å²) in [5, 5.41) is 3.97. The van der Waals surface area contributed by atoms with Crippen LogP contribution in [0.1, 0.15) is 16.2 Å². The number of rotatable bonds is 6. The van der Waals surface area contributed by atoms with Crippen LogP contribution < -0.4 is 10.9 Å². The Labute approximate surface area is 153 Å². The van der Waals surface area contributed by atoms with Gasteiger partial charge in [-0.1, -0.05) is 29.8 Å². The molecule has 0 bridgehead atoms. The van der Waals surface area contributed by atoms with Crippen molar-refractivity contribution in [2.75, 3.05) is 12.3 Å². The molecule has 3 rings (SSSR count). The van der Waals surface area contributed by atoms with E-state index in [9.17, 15) is 9.59 Å². The van der Waals surface area contributed by atoms with Crippen molar-refractivity contribution in [2.45, 2.75) is 5.75 Å². The lowest BCUT2D eigenvalue weighted by Gasteiger charge is -2.06.